The minimum absolute atomic E-state index is 0.114. The first kappa shape index (κ1) is 13.4. The third-order valence-electron chi connectivity index (χ3n) is 3.06. The first-order valence-corrected chi connectivity index (χ1v) is 7.20. The lowest BCUT2D eigenvalue weighted by atomic mass is 10.1. The van der Waals surface area contributed by atoms with Gasteiger partial charge in [0.05, 0.1) is 6.61 Å². The average molecular weight is 312 g/mol. The quantitative estimate of drug-likeness (QED) is 0.907. The molecule has 2 rings (SSSR count). The number of carbonyl (C=O) groups excluding carboxylic acids is 1. The highest BCUT2D eigenvalue weighted by molar-refractivity contribution is 9.10. The number of fused-ring (bicyclic) bond motifs is 1. The lowest BCUT2D eigenvalue weighted by molar-refractivity contribution is -0.121. The van der Waals surface area contributed by atoms with Gasteiger partial charge < -0.3 is 10.1 Å². The molecule has 0 fully saturated rings. The van der Waals surface area contributed by atoms with Crippen LogP contribution in [-0.4, -0.2) is 12.5 Å². The molecule has 1 aliphatic heterocycles. The van der Waals surface area contributed by atoms with Crippen LogP contribution in [0.15, 0.2) is 16.6 Å². The smallest absolute Gasteiger partial charge is 0.220 e. The van der Waals surface area contributed by atoms with Crippen LogP contribution in [0.25, 0.3) is 0 Å². The summed E-state index contributed by atoms with van der Waals surface area (Å²) in [7, 11) is 0. The molecular weight excluding hydrogens is 294 g/mol. The number of rotatable bonds is 5. The highest BCUT2D eigenvalue weighted by Gasteiger charge is 2.17. The molecule has 18 heavy (non-hydrogen) atoms. The lowest BCUT2D eigenvalue weighted by Crippen LogP contribution is -2.22. The topological polar surface area (TPSA) is 38.3 Å². The van der Waals surface area contributed by atoms with Gasteiger partial charge in [0.15, 0.2) is 0 Å². The molecule has 0 radical (unpaired) electrons. The maximum atomic E-state index is 11.6. The molecule has 0 saturated carbocycles. The number of nitrogens with one attached hydrogen (secondary N) is 1. The fraction of sp³-hybridized carbons (Fsp3) is 0.500. The fourth-order valence-corrected chi connectivity index (χ4v) is 2.65. The minimum atomic E-state index is 0.114. The van der Waals surface area contributed by atoms with Crippen molar-refractivity contribution in [2.24, 2.45) is 0 Å². The van der Waals surface area contributed by atoms with Gasteiger partial charge in [-0.3, -0.25) is 4.79 Å². The van der Waals surface area contributed by atoms with Crippen LogP contribution < -0.4 is 10.1 Å². The molecular formula is C14H18BrNO2. The van der Waals surface area contributed by atoms with Crippen molar-refractivity contribution in [1.29, 1.82) is 0 Å². The van der Waals surface area contributed by atoms with Crippen LogP contribution in [0.1, 0.15) is 37.3 Å². The van der Waals surface area contributed by atoms with Crippen molar-refractivity contribution in [2.75, 3.05) is 6.61 Å². The lowest BCUT2D eigenvalue weighted by Gasteiger charge is -2.10. The third-order valence-corrected chi connectivity index (χ3v) is 3.52. The molecule has 4 heteroatoms. The van der Waals surface area contributed by atoms with Crippen LogP contribution in [-0.2, 0) is 17.8 Å². The summed E-state index contributed by atoms with van der Waals surface area (Å²) in [6.45, 7) is 3.37. The second-order valence-electron chi connectivity index (χ2n) is 4.53. The minimum Gasteiger partial charge on any atom is -0.493 e. The monoisotopic (exact) mass is 311 g/mol. The second kappa shape index (κ2) is 6.23. The van der Waals surface area contributed by atoms with E-state index in [1.165, 1.54) is 5.56 Å². The Morgan fingerprint density at radius 1 is 1.50 bits per heavy atom. The van der Waals surface area contributed by atoms with Gasteiger partial charge in [0.25, 0.3) is 0 Å². The van der Waals surface area contributed by atoms with Crippen LogP contribution >= 0.6 is 15.9 Å². The Hall–Kier alpha value is -1.03. The molecule has 1 amide bonds. The van der Waals surface area contributed by atoms with E-state index >= 15 is 0 Å². The van der Waals surface area contributed by atoms with E-state index in [4.69, 9.17) is 4.74 Å². The van der Waals surface area contributed by atoms with E-state index in [2.05, 4.69) is 34.2 Å². The van der Waals surface area contributed by atoms with Crippen molar-refractivity contribution in [1.82, 2.24) is 5.32 Å². The fourth-order valence-electron chi connectivity index (χ4n) is 2.10. The van der Waals surface area contributed by atoms with Gasteiger partial charge in [-0.25, -0.2) is 0 Å². The first-order chi connectivity index (χ1) is 8.70. The number of ether oxygens (including phenoxy) is 1. The van der Waals surface area contributed by atoms with E-state index in [-0.39, 0.29) is 5.91 Å². The van der Waals surface area contributed by atoms with Crippen molar-refractivity contribution >= 4 is 21.8 Å². The number of carbonyl (C=O) groups is 1. The Balaban J connectivity index is 1.99. The summed E-state index contributed by atoms with van der Waals surface area (Å²) in [6.07, 6.45) is 3.54. The van der Waals surface area contributed by atoms with E-state index < -0.39 is 0 Å². The Bertz CT molecular complexity index is 446. The molecule has 0 bridgehead atoms. The Kier molecular flexibility index (Phi) is 4.64. The molecule has 1 N–H and O–H groups in total. The van der Waals surface area contributed by atoms with E-state index in [1.807, 2.05) is 6.07 Å². The van der Waals surface area contributed by atoms with Crippen LogP contribution in [0.2, 0.25) is 0 Å². The molecule has 0 aliphatic carbocycles. The zero-order valence-electron chi connectivity index (χ0n) is 10.6. The zero-order valence-corrected chi connectivity index (χ0v) is 12.2. The van der Waals surface area contributed by atoms with E-state index in [0.717, 1.165) is 41.7 Å². The molecule has 98 valence electrons. The summed E-state index contributed by atoms with van der Waals surface area (Å²) in [6, 6.07) is 4.11. The number of halogens is 1. The van der Waals surface area contributed by atoms with Crippen LogP contribution in [0.4, 0.5) is 0 Å². The molecule has 1 aromatic rings. The van der Waals surface area contributed by atoms with E-state index in [1.54, 1.807) is 0 Å². The molecule has 1 heterocycles. The highest BCUT2D eigenvalue weighted by atomic mass is 79.9. The third kappa shape index (κ3) is 3.25. The zero-order chi connectivity index (χ0) is 13.0. The molecule has 0 spiro atoms. The molecule has 0 atom stereocenters. The number of unbranched alkanes of at least 4 members (excludes halogenated alkanes) is 1. The summed E-state index contributed by atoms with van der Waals surface area (Å²) < 4.78 is 6.67. The van der Waals surface area contributed by atoms with Gasteiger partial charge in [-0.2, -0.15) is 0 Å². The normalized spacial score (nSPS) is 13.0. The summed E-state index contributed by atoms with van der Waals surface area (Å²) >= 11 is 3.50. The SMILES string of the molecule is CCCCC(=O)NCc1cc(Br)cc2c1OCC2. The number of amides is 1. The van der Waals surface area contributed by atoms with Crippen LogP contribution in [0, 0.1) is 0 Å². The molecule has 0 unspecified atom stereocenters. The van der Waals surface area contributed by atoms with Crippen molar-refractivity contribution in [3.05, 3.63) is 27.7 Å². The Morgan fingerprint density at radius 2 is 2.33 bits per heavy atom. The van der Waals surface area contributed by atoms with Crippen molar-refractivity contribution in [3.63, 3.8) is 0 Å². The predicted octanol–water partition coefficient (Wildman–Crippen LogP) is 3.19. The maximum absolute atomic E-state index is 11.6. The largest absolute Gasteiger partial charge is 0.493 e. The van der Waals surface area contributed by atoms with Gasteiger partial charge in [0, 0.05) is 29.4 Å². The number of hydrogen-bond acceptors (Lipinski definition) is 2. The van der Waals surface area contributed by atoms with Gasteiger partial charge in [-0.15, -0.1) is 0 Å². The standard InChI is InChI=1S/C14H18BrNO2/c1-2-3-4-13(17)16-9-11-8-12(15)7-10-5-6-18-14(10)11/h7-8H,2-6,9H2,1H3,(H,16,17). The van der Waals surface area contributed by atoms with Gasteiger partial charge in [0.1, 0.15) is 5.75 Å². The molecule has 0 aromatic heterocycles. The number of hydrogen-bond donors (Lipinski definition) is 1. The summed E-state index contributed by atoms with van der Waals surface area (Å²) in [5.41, 5.74) is 2.28. The Labute approximate surface area is 116 Å². The molecule has 0 saturated heterocycles. The van der Waals surface area contributed by atoms with Gasteiger partial charge in [0.2, 0.25) is 5.91 Å². The van der Waals surface area contributed by atoms with E-state index in [0.29, 0.717) is 13.0 Å². The van der Waals surface area contributed by atoms with Crippen molar-refractivity contribution in [2.45, 2.75) is 39.2 Å². The van der Waals surface area contributed by atoms with Gasteiger partial charge in [-0.1, -0.05) is 29.3 Å². The summed E-state index contributed by atoms with van der Waals surface area (Å²) in [5.74, 6) is 1.07. The van der Waals surface area contributed by atoms with Gasteiger partial charge in [-0.05, 0) is 24.1 Å². The van der Waals surface area contributed by atoms with E-state index in [9.17, 15) is 4.79 Å². The highest BCUT2D eigenvalue weighted by Crippen LogP contribution is 2.32. The second-order valence-corrected chi connectivity index (χ2v) is 5.45. The molecule has 1 aromatic carbocycles. The van der Waals surface area contributed by atoms with Crippen LogP contribution in [0.3, 0.4) is 0 Å². The average Bonchev–Trinajstić information content (AvgIpc) is 2.81. The summed E-state index contributed by atoms with van der Waals surface area (Å²) in [4.78, 5) is 11.6. The Morgan fingerprint density at radius 3 is 3.11 bits per heavy atom. The maximum Gasteiger partial charge on any atom is 0.220 e. The molecule has 1 aliphatic rings. The summed E-state index contributed by atoms with van der Waals surface area (Å²) in [5, 5.41) is 2.95. The number of benzene rings is 1. The van der Waals surface area contributed by atoms with Gasteiger partial charge >= 0.3 is 0 Å². The first-order valence-electron chi connectivity index (χ1n) is 6.41. The van der Waals surface area contributed by atoms with Crippen molar-refractivity contribution in [3.8, 4) is 5.75 Å². The predicted molar refractivity (Wildman–Crippen MR) is 74.7 cm³/mol. The van der Waals surface area contributed by atoms with Crippen molar-refractivity contribution < 1.29 is 9.53 Å². The van der Waals surface area contributed by atoms with Crippen LogP contribution in [0.5, 0.6) is 5.75 Å². The molecule has 3 nitrogen and oxygen atoms in total.